The zero-order chi connectivity index (χ0) is 12.5. The van der Waals surface area contributed by atoms with Gasteiger partial charge in [-0.1, -0.05) is 6.07 Å². The molecule has 92 valence electrons. The molecule has 17 heavy (non-hydrogen) atoms. The van der Waals surface area contributed by atoms with Crippen LogP contribution in [0.3, 0.4) is 0 Å². The average molecular weight is 238 g/mol. The van der Waals surface area contributed by atoms with Gasteiger partial charge in [-0.3, -0.25) is 4.79 Å². The molecule has 1 aromatic rings. The summed E-state index contributed by atoms with van der Waals surface area (Å²) in [4.78, 5) is 11.0. The Morgan fingerprint density at radius 1 is 1.53 bits per heavy atom. The molecule has 2 rings (SSSR count). The number of carboxylic acid groups (broad SMARTS) is 1. The third-order valence-corrected chi connectivity index (χ3v) is 3.42. The van der Waals surface area contributed by atoms with E-state index in [0.29, 0.717) is 12.8 Å². The fourth-order valence-corrected chi connectivity index (χ4v) is 1.97. The average Bonchev–Trinajstić information content (AvgIpc) is 3.07. The molecule has 3 nitrogen and oxygen atoms in total. The summed E-state index contributed by atoms with van der Waals surface area (Å²) in [6.07, 6.45) is 2.64. The van der Waals surface area contributed by atoms with Gasteiger partial charge in [-0.25, -0.2) is 4.39 Å². The van der Waals surface area contributed by atoms with Crippen LogP contribution in [0.1, 0.15) is 24.8 Å². The molecule has 4 heteroatoms. The summed E-state index contributed by atoms with van der Waals surface area (Å²) in [5.41, 5.74) is 0.270. The Labute approximate surface area is 99.2 Å². The number of benzene rings is 1. The van der Waals surface area contributed by atoms with E-state index in [2.05, 4.69) is 0 Å². The summed E-state index contributed by atoms with van der Waals surface area (Å²) in [7, 11) is 1.42. The summed E-state index contributed by atoms with van der Waals surface area (Å²) < 4.78 is 18.2. The number of hydrogen-bond donors (Lipinski definition) is 1. The van der Waals surface area contributed by atoms with Gasteiger partial charge in [-0.05, 0) is 43.4 Å². The van der Waals surface area contributed by atoms with Gasteiger partial charge in [0, 0.05) is 0 Å². The molecular weight excluding hydrogens is 223 g/mol. The number of carbonyl (C=O) groups is 1. The Morgan fingerprint density at radius 3 is 2.71 bits per heavy atom. The van der Waals surface area contributed by atoms with Crippen molar-refractivity contribution in [3.8, 4) is 5.75 Å². The van der Waals surface area contributed by atoms with E-state index in [-0.39, 0.29) is 5.75 Å². The predicted molar refractivity (Wildman–Crippen MR) is 60.6 cm³/mol. The molecule has 1 saturated carbocycles. The molecule has 0 saturated heterocycles. The van der Waals surface area contributed by atoms with E-state index >= 15 is 0 Å². The Kier molecular flexibility index (Phi) is 3.05. The summed E-state index contributed by atoms with van der Waals surface area (Å²) in [5.74, 6) is -0.912. The minimum absolute atomic E-state index is 0.216. The van der Waals surface area contributed by atoms with Crippen molar-refractivity contribution >= 4 is 5.97 Å². The molecule has 1 N–H and O–H groups in total. The fourth-order valence-electron chi connectivity index (χ4n) is 1.97. The van der Waals surface area contributed by atoms with Gasteiger partial charge in [-0.2, -0.15) is 0 Å². The second-order valence-electron chi connectivity index (χ2n) is 4.55. The van der Waals surface area contributed by atoms with Crippen molar-refractivity contribution in [2.45, 2.75) is 25.7 Å². The number of halogens is 1. The second-order valence-corrected chi connectivity index (χ2v) is 4.55. The number of aliphatic carboxylic acids is 1. The lowest BCUT2D eigenvalue weighted by atomic mass is 9.97. The van der Waals surface area contributed by atoms with Crippen LogP contribution in [0.25, 0.3) is 0 Å². The van der Waals surface area contributed by atoms with Crippen LogP contribution in [-0.4, -0.2) is 18.2 Å². The normalized spacial score (nSPS) is 16.6. The highest BCUT2D eigenvalue weighted by molar-refractivity contribution is 5.77. The van der Waals surface area contributed by atoms with Gasteiger partial charge in [-0.15, -0.1) is 0 Å². The third kappa shape index (κ3) is 2.40. The molecule has 0 unspecified atom stereocenters. The van der Waals surface area contributed by atoms with E-state index < -0.39 is 17.2 Å². The molecule has 1 aromatic carbocycles. The molecule has 0 atom stereocenters. The standard InChI is InChI=1S/C13H15FO3/c1-17-11-3-2-9(8-10(11)14)4-5-13(6-7-13)12(15)16/h2-3,8H,4-7H2,1H3,(H,15,16). The first-order chi connectivity index (χ1) is 8.07. The van der Waals surface area contributed by atoms with Gasteiger partial charge < -0.3 is 9.84 Å². The molecule has 0 amide bonds. The van der Waals surface area contributed by atoms with Crippen molar-refractivity contribution in [2.24, 2.45) is 5.41 Å². The minimum atomic E-state index is -0.730. The van der Waals surface area contributed by atoms with Crippen LogP contribution in [0, 0.1) is 11.2 Å². The number of carboxylic acids is 1. The first-order valence-corrected chi connectivity index (χ1v) is 5.63. The van der Waals surface area contributed by atoms with Crippen molar-refractivity contribution in [3.63, 3.8) is 0 Å². The molecule has 0 radical (unpaired) electrons. The third-order valence-electron chi connectivity index (χ3n) is 3.42. The zero-order valence-electron chi connectivity index (χ0n) is 9.70. The summed E-state index contributed by atoms with van der Waals surface area (Å²) >= 11 is 0. The Hall–Kier alpha value is -1.58. The van der Waals surface area contributed by atoms with Gasteiger partial charge in [0.25, 0.3) is 0 Å². The van der Waals surface area contributed by atoms with Gasteiger partial charge in [0.1, 0.15) is 0 Å². The first kappa shape index (κ1) is 11.9. The Morgan fingerprint density at radius 2 is 2.24 bits per heavy atom. The van der Waals surface area contributed by atoms with Crippen LogP contribution in [0.5, 0.6) is 5.75 Å². The molecule has 0 aromatic heterocycles. The highest BCUT2D eigenvalue weighted by Gasteiger charge is 2.49. The highest BCUT2D eigenvalue weighted by atomic mass is 19.1. The van der Waals surface area contributed by atoms with E-state index in [1.807, 2.05) is 0 Å². The fraction of sp³-hybridized carbons (Fsp3) is 0.462. The smallest absolute Gasteiger partial charge is 0.309 e. The second kappa shape index (κ2) is 4.35. The van der Waals surface area contributed by atoms with Crippen LogP contribution in [-0.2, 0) is 11.2 Å². The molecule has 1 fully saturated rings. The molecule has 0 aliphatic heterocycles. The molecule has 0 bridgehead atoms. The van der Waals surface area contributed by atoms with Crippen molar-refractivity contribution in [1.29, 1.82) is 0 Å². The number of ether oxygens (including phenoxy) is 1. The van der Waals surface area contributed by atoms with Crippen LogP contribution in [0.15, 0.2) is 18.2 Å². The van der Waals surface area contributed by atoms with E-state index in [0.717, 1.165) is 18.4 Å². The molecule has 0 heterocycles. The molecule has 1 aliphatic rings. The maximum absolute atomic E-state index is 13.4. The van der Waals surface area contributed by atoms with Crippen molar-refractivity contribution in [3.05, 3.63) is 29.6 Å². The Balaban J connectivity index is 2.00. The quantitative estimate of drug-likeness (QED) is 0.857. The largest absolute Gasteiger partial charge is 0.494 e. The topological polar surface area (TPSA) is 46.5 Å². The SMILES string of the molecule is COc1ccc(CCC2(C(=O)O)CC2)cc1F. The van der Waals surface area contributed by atoms with E-state index in [4.69, 9.17) is 9.84 Å². The van der Waals surface area contributed by atoms with E-state index in [1.165, 1.54) is 13.2 Å². The number of hydrogen-bond acceptors (Lipinski definition) is 2. The lowest BCUT2D eigenvalue weighted by molar-refractivity contribution is -0.143. The maximum atomic E-state index is 13.4. The molecular formula is C13H15FO3. The summed E-state index contributed by atoms with van der Waals surface area (Å²) in [6, 6.07) is 4.77. The predicted octanol–water partition coefficient (Wildman–Crippen LogP) is 2.63. The first-order valence-electron chi connectivity index (χ1n) is 5.63. The lowest BCUT2D eigenvalue weighted by Gasteiger charge is -2.10. The number of aryl methyl sites for hydroxylation is 1. The van der Waals surface area contributed by atoms with Crippen LogP contribution < -0.4 is 4.74 Å². The van der Waals surface area contributed by atoms with Gasteiger partial charge in [0.15, 0.2) is 11.6 Å². The van der Waals surface area contributed by atoms with Gasteiger partial charge in [0.05, 0.1) is 12.5 Å². The zero-order valence-corrected chi connectivity index (χ0v) is 9.70. The van der Waals surface area contributed by atoms with E-state index in [1.54, 1.807) is 12.1 Å². The van der Waals surface area contributed by atoms with Crippen molar-refractivity contribution < 1.29 is 19.0 Å². The highest BCUT2D eigenvalue weighted by Crippen LogP contribution is 2.49. The van der Waals surface area contributed by atoms with Crippen molar-refractivity contribution in [2.75, 3.05) is 7.11 Å². The minimum Gasteiger partial charge on any atom is -0.494 e. The van der Waals surface area contributed by atoms with Crippen LogP contribution in [0.4, 0.5) is 4.39 Å². The number of rotatable bonds is 5. The van der Waals surface area contributed by atoms with Crippen LogP contribution >= 0.6 is 0 Å². The summed E-state index contributed by atoms with van der Waals surface area (Å²) in [6.45, 7) is 0. The molecule has 1 aliphatic carbocycles. The lowest BCUT2D eigenvalue weighted by Crippen LogP contribution is -2.15. The van der Waals surface area contributed by atoms with Crippen molar-refractivity contribution in [1.82, 2.24) is 0 Å². The number of methoxy groups -OCH3 is 1. The van der Waals surface area contributed by atoms with Gasteiger partial charge >= 0.3 is 5.97 Å². The van der Waals surface area contributed by atoms with Gasteiger partial charge in [0.2, 0.25) is 0 Å². The molecule has 0 spiro atoms. The monoisotopic (exact) mass is 238 g/mol. The maximum Gasteiger partial charge on any atom is 0.309 e. The summed E-state index contributed by atoms with van der Waals surface area (Å²) in [5, 5.41) is 9.02. The van der Waals surface area contributed by atoms with Crippen LogP contribution in [0.2, 0.25) is 0 Å². The van der Waals surface area contributed by atoms with E-state index in [9.17, 15) is 9.18 Å². The Bertz CT molecular complexity index is 438.